The Bertz CT molecular complexity index is 679. The third kappa shape index (κ3) is 4.54. The summed E-state index contributed by atoms with van der Waals surface area (Å²) in [5.41, 5.74) is 0. The average Bonchev–Trinajstić information content (AvgIpc) is 3.23. The quantitative estimate of drug-likeness (QED) is 0.754. The zero-order valence-electron chi connectivity index (χ0n) is 15.4. The Balaban J connectivity index is 1.38. The number of carbonyl (C=O) groups excluding carboxylic acids is 1. The van der Waals surface area contributed by atoms with E-state index in [0.29, 0.717) is 6.61 Å². The van der Waals surface area contributed by atoms with Crippen LogP contribution in [0.3, 0.4) is 0 Å². The molecule has 7 heteroatoms. The first-order valence-electron chi connectivity index (χ1n) is 8.93. The molecule has 2 aromatic rings. The lowest BCUT2D eigenvalue weighted by Gasteiger charge is -2.36. The van der Waals surface area contributed by atoms with Crippen LogP contribution in [-0.4, -0.2) is 71.7 Å². The van der Waals surface area contributed by atoms with Gasteiger partial charge >= 0.3 is 0 Å². The number of ether oxygens (including phenoxy) is 2. The van der Waals surface area contributed by atoms with Gasteiger partial charge < -0.3 is 18.9 Å². The van der Waals surface area contributed by atoms with Gasteiger partial charge in [-0.1, -0.05) is 0 Å². The molecule has 7 nitrogen and oxygen atoms in total. The molecule has 1 atom stereocenters. The molecule has 0 radical (unpaired) electrons. The number of piperazine rings is 1. The van der Waals surface area contributed by atoms with Crippen LogP contribution < -0.4 is 9.47 Å². The SMILES string of the molecule is COc1ccc(OCCN2CCN(C(=O)C(C)n3ccnc3)CC2)cc1. The van der Waals surface area contributed by atoms with Gasteiger partial charge in [-0.2, -0.15) is 0 Å². The van der Waals surface area contributed by atoms with E-state index < -0.39 is 0 Å². The van der Waals surface area contributed by atoms with Crippen LogP contribution in [0.25, 0.3) is 0 Å². The van der Waals surface area contributed by atoms with Crippen LogP contribution in [-0.2, 0) is 4.79 Å². The minimum Gasteiger partial charge on any atom is -0.497 e. The smallest absolute Gasteiger partial charge is 0.245 e. The van der Waals surface area contributed by atoms with E-state index in [1.54, 1.807) is 19.6 Å². The zero-order valence-corrected chi connectivity index (χ0v) is 15.4. The first-order valence-corrected chi connectivity index (χ1v) is 8.93. The second kappa shape index (κ2) is 8.71. The molecule has 1 aliphatic rings. The van der Waals surface area contributed by atoms with Gasteiger partial charge in [-0.3, -0.25) is 9.69 Å². The summed E-state index contributed by atoms with van der Waals surface area (Å²) in [6.07, 6.45) is 5.22. The number of nitrogens with zero attached hydrogens (tertiary/aromatic N) is 4. The average molecular weight is 358 g/mol. The molecule has 1 fully saturated rings. The van der Waals surface area contributed by atoms with Crippen molar-refractivity contribution in [1.29, 1.82) is 0 Å². The summed E-state index contributed by atoms with van der Waals surface area (Å²) in [5, 5.41) is 0. The summed E-state index contributed by atoms with van der Waals surface area (Å²) in [6.45, 7) is 6.64. The maximum absolute atomic E-state index is 12.6. The summed E-state index contributed by atoms with van der Waals surface area (Å²) in [6, 6.07) is 7.39. The molecule has 1 unspecified atom stereocenters. The highest BCUT2D eigenvalue weighted by Crippen LogP contribution is 2.17. The van der Waals surface area contributed by atoms with Crippen molar-refractivity contribution < 1.29 is 14.3 Å². The second-order valence-corrected chi connectivity index (χ2v) is 6.38. The van der Waals surface area contributed by atoms with E-state index in [-0.39, 0.29) is 11.9 Å². The van der Waals surface area contributed by atoms with E-state index in [0.717, 1.165) is 44.2 Å². The highest BCUT2D eigenvalue weighted by molar-refractivity contribution is 5.80. The molecule has 1 aliphatic heterocycles. The molecular weight excluding hydrogens is 332 g/mol. The lowest BCUT2D eigenvalue weighted by atomic mass is 10.2. The predicted molar refractivity (Wildman–Crippen MR) is 98.4 cm³/mol. The molecule has 1 saturated heterocycles. The lowest BCUT2D eigenvalue weighted by Crippen LogP contribution is -2.50. The zero-order chi connectivity index (χ0) is 18.4. The van der Waals surface area contributed by atoms with Crippen molar-refractivity contribution in [2.24, 2.45) is 0 Å². The van der Waals surface area contributed by atoms with Crippen molar-refractivity contribution in [3.05, 3.63) is 43.0 Å². The van der Waals surface area contributed by atoms with Gasteiger partial charge in [0.1, 0.15) is 24.1 Å². The van der Waals surface area contributed by atoms with Crippen LogP contribution >= 0.6 is 0 Å². The molecule has 1 aromatic heterocycles. The summed E-state index contributed by atoms with van der Waals surface area (Å²) in [7, 11) is 1.65. The van der Waals surface area contributed by atoms with Crippen LogP contribution in [0.2, 0.25) is 0 Å². The van der Waals surface area contributed by atoms with Gasteiger partial charge in [0.2, 0.25) is 5.91 Å². The van der Waals surface area contributed by atoms with E-state index in [2.05, 4.69) is 9.88 Å². The van der Waals surface area contributed by atoms with Gasteiger partial charge in [0, 0.05) is 45.1 Å². The number of carbonyl (C=O) groups is 1. The maximum atomic E-state index is 12.6. The molecular formula is C19H26N4O3. The summed E-state index contributed by atoms with van der Waals surface area (Å²) in [4.78, 5) is 20.9. The number of aromatic nitrogens is 2. The molecule has 0 bridgehead atoms. The van der Waals surface area contributed by atoms with Gasteiger partial charge in [-0.25, -0.2) is 4.98 Å². The minimum absolute atomic E-state index is 0.150. The molecule has 1 aromatic carbocycles. The van der Waals surface area contributed by atoms with E-state index in [1.165, 1.54) is 0 Å². The number of hydrogen-bond acceptors (Lipinski definition) is 5. The Morgan fingerprint density at radius 3 is 2.46 bits per heavy atom. The van der Waals surface area contributed by atoms with Crippen LogP contribution in [0.15, 0.2) is 43.0 Å². The van der Waals surface area contributed by atoms with Crippen molar-refractivity contribution >= 4 is 5.91 Å². The monoisotopic (exact) mass is 358 g/mol. The van der Waals surface area contributed by atoms with Crippen molar-refractivity contribution in [3.63, 3.8) is 0 Å². The topological polar surface area (TPSA) is 59.8 Å². The highest BCUT2D eigenvalue weighted by Gasteiger charge is 2.25. The van der Waals surface area contributed by atoms with Gasteiger partial charge in [0.15, 0.2) is 0 Å². The molecule has 3 rings (SSSR count). The molecule has 0 saturated carbocycles. The predicted octanol–water partition coefficient (Wildman–Crippen LogP) is 1.68. The van der Waals surface area contributed by atoms with E-state index in [9.17, 15) is 4.79 Å². The number of rotatable bonds is 7. The Kier molecular flexibility index (Phi) is 6.12. The second-order valence-electron chi connectivity index (χ2n) is 6.38. The Morgan fingerprint density at radius 2 is 1.85 bits per heavy atom. The van der Waals surface area contributed by atoms with Gasteiger partial charge in [-0.05, 0) is 31.2 Å². The van der Waals surface area contributed by atoms with E-state index in [1.807, 2.05) is 46.9 Å². The molecule has 26 heavy (non-hydrogen) atoms. The summed E-state index contributed by atoms with van der Waals surface area (Å²) >= 11 is 0. The van der Waals surface area contributed by atoms with Crippen molar-refractivity contribution in [2.75, 3.05) is 46.4 Å². The summed E-state index contributed by atoms with van der Waals surface area (Å²) < 4.78 is 12.8. The number of amides is 1. The fourth-order valence-electron chi connectivity index (χ4n) is 3.05. The largest absolute Gasteiger partial charge is 0.497 e. The third-order valence-corrected chi connectivity index (χ3v) is 4.75. The van der Waals surface area contributed by atoms with Crippen molar-refractivity contribution in [1.82, 2.24) is 19.4 Å². The highest BCUT2D eigenvalue weighted by atomic mass is 16.5. The Morgan fingerprint density at radius 1 is 1.15 bits per heavy atom. The van der Waals surface area contributed by atoms with Crippen LogP contribution in [0.5, 0.6) is 11.5 Å². The van der Waals surface area contributed by atoms with E-state index in [4.69, 9.17) is 9.47 Å². The molecule has 2 heterocycles. The summed E-state index contributed by atoms with van der Waals surface area (Å²) in [5.74, 6) is 1.81. The van der Waals surface area contributed by atoms with Crippen molar-refractivity contribution in [3.8, 4) is 11.5 Å². The number of methoxy groups -OCH3 is 1. The Hall–Kier alpha value is -2.54. The van der Waals surface area contributed by atoms with Gasteiger partial charge in [-0.15, -0.1) is 0 Å². The third-order valence-electron chi connectivity index (χ3n) is 4.75. The first-order chi connectivity index (χ1) is 12.7. The van der Waals surface area contributed by atoms with Crippen LogP contribution in [0.1, 0.15) is 13.0 Å². The number of hydrogen-bond donors (Lipinski definition) is 0. The first kappa shape index (κ1) is 18.3. The van der Waals surface area contributed by atoms with Gasteiger partial charge in [0.25, 0.3) is 0 Å². The molecule has 0 N–H and O–H groups in total. The molecule has 0 aliphatic carbocycles. The molecule has 140 valence electrons. The molecule has 1 amide bonds. The number of benzene rings is 1. The van der Waals surface area contributed by atoms with Crippen molar-refractivity contribution in [2.45, 2.75) is 13.0 Å². The van der Waals surface area contributed by atoms with E-state index >= 15 is 0 Å². The van der Waals surface area contributed by atoms with Gasteiger partial charge in [0.05, 0.1) is 13.4 Å². The van der Waals surface area contributed by atoms with Crippen LogP contribution in [0.4, 0.5) is 0 Å². The normalized spacial score (nSPS) is 16.3. The Labute approximate surface area is 154 Å². The fourth-order valence-corrected chi connectivity index (χ4v) is 3.05. The number of imidazole rings is 1. The maximum Gasteiger partial charge on any atom is 0.245 e. The molecule has 0 spiro atoms. The fraction of sp³-hybridized carbons (Fsp3) is 0.474. The lowest BCUT2D eigenvalue weighted by molar-refractivity contribution is -0.136. The van der Waals surface area contributed by atoms with Crippen LogP contribution in [0, 0.1) is 0 Å². The standard InChI is InChI=1S/C19H26N4O3/c1-16(23-8-7-20-15-23)19(24)22-11-9-21(10-12-22)13-14-26-18-5-3-17(25-2)4-6-18/h3-8,15-16H,9-14H2,1-2H3. The minimum atomic E-state index is -0.206.